The molecule has 0 amide bonds. The number of halogens is 2. The number of nitrogens with zero attached hydrogens (tertiary/aromatic N) is 1. The van der Waals surface area contributed by atoms with E-state index in [9.17, 15) is 13.6 Å². The third kappa shape index (κ3) is 2.51. The summed E-state index contributed by atoms with van der Waals surface area (Å²) >= 11 is 0. The maximum atomic E-state index is 13.5. The van der Waals surface area contributed by atoms with Gasteiger partial charge in [0.1, 0.15) is 11.6 Å². The molecule has 1 aliphatic heterocycles. The number of rotatable bonds is 3. The molecule has 0 aliphatic carbocycles. The van der Waals surface area contributed by atoms with Crippen molar-refractivity contribution < 1.29 is 18.7 Å². The second-order valence-corrected chi connectivity index (χ2v) is 4.68. The van der Waals surface area contributed by atoms with Crippen molar-refractivity contribution in [3.8, 4) is 0 Å². The predicted molar refractivity (Wildman–Crippen MR) is 62.0 cm³/mol. The van der Waals surface area contributed by atoms with Gasteiger partial charge in [-0.3, -0.25) is 9.69 Å². The van der Waals surface area contributed by atoms with E-state index in [1.165, 1.54) is 0 Å². The van der Waals surface area contributed by atoms with Gasteiger partial charge in [-0.05, 0) is 38.1 Å². The van der Waals surface area contributed by atoms with Crippen LogP contribution >= 0.6 is 0 Å². The van der Waals surface area contributed by atoms with Crippen LogP contribution in [0.5, 0.6) is 0 Å². The SMILES string of the molecule is CC1C(C(=O)O)CCN1Cc1cc(F)ccc1F. The van der Waals surface area contributed by atoms with Gasteiger partial charge < -0.3 is 5.11 Å². The van der Waals surface area contributed by atoms with Crippen LogP contribution in [0.1, 0.15) is 18.9 Å². The van der Waals surface area contributed by atoms with E-state index in [1.54, 1.807) is 0 Å². The number of likely N-dealkylation sites (tertiary alicyclic amines) is 1. The molecule has 1 N–H and O–H groups in total. The number of carboxylic acids is 1. The Morgan fingerprint density at radius 2 is 2.22 bits per heavy atom. The number of carbonyl (C=O) groups is 1. The number of aliphatic carboxylic acids is 1. The maximum Gasteiger partial charge on any atom is 0.308 e. The second-order valence-electron chi connectivity index (χ2n) is 4.68. The van der Waals surface area contributed by atoms with Crippen molar-refractivity contribution >= 4 is 5.97 Å². The predicted octanol–water partition coefficient (Wildman–Crippen LogP) is 2.26. The first-order chi connectivity index (χ1) is 8.49. The molecule has 2 rings (SSSR count). The Labute approximate surface area is 104 Å². The molecule has 0 saturated carbocycles. The van der Waals surface area contributed by atoms with Gasteiger partial charge in [0.15, 0.2) is 0 Å². The quantitative estimate of drug-likeness (QED) is 0.900. The lowest BCUT2D eigenvalue weighted by atomic mass is 10.0. The summed E-state index contributed by atoms with van der Waals surface area (Å²) in [7, 11) is 0. The first kappa shape index (κ1) is 13.0. The van der Waals surface area contributed by atoms with Gasteiger partial charge in [0.25, 0.3) is 0 Å². The molecule has 0 radical (unpaired) electrons. The number of carboxylic acid groups (broad SMARTS) is 1. The van der Waals surface area contributed by atoms with E-state index in [0.717, 1.165) is 18.2 Å². The van der Waals surface area contributed by atoms with Crippen molar-refractivity contribution in [2.24, 2.45) is 5.92 Å². The Morgan fingerprint density at radius 3 is 2.83 bits per heavy atom. The summed E-state index contributed by atoms with van der Waals surface area (Å²) < 4.78 is 26.5. The van der Waals surface area contributed by atoms with Crippen LogP contribution in [-0.4, -0.2) is 28.6 Å². The highest BCUT2D eigenvalue weighted by Crippen LogP contribution is 2.26. The molecule has 1 heterocycles. The summed E-state index contributed by atoms with van der Waals surface area (Å²) in [5.74, 6) is -2.19. The molecule has 1 aromatic rings. The molecule has 0 spiro atoms. The minimum absolute atomic E-state index is 0.162. The normalized spacial score (nSPS) is 24.4. The lowest BCUT2D eigenvalue weighted by molar-refractivity contribution is -0.142. The Morgan fingerprint density at radius 1 is 1.50 bits per heavy atom. The van der Waals surface area contributed by atoms with Crippen LogP contribution in [0.15, 0.2) is 18.2 Å². The summed E-state index contributed by atoms with van der Waals surface area (Å²) in [5, 5.41) is 9.01. The van der Waals surface area contributed by atoms with Gasteiger partial charge in [-0.1, -0.05) is 0 Å². The van der Waals surface area contributed by atoms with Crippen molar-refractivity contribution in [1.29, 1.82) is 0 Å². The van der Waals surface area contributed by atoms with Crippen molar-refractivity contribution in [3.05, 3.63) is 35.4 Å². The molecule has 2 atom stereocenters. The fourth-order valence-electron chi connectivity index (χ4n) is 2.44. The lowest BCUT2D eigenvalue weighted by Gasteiger charge is -2.23. The van der Waals surface area contributed by atoms with E-state index in [1.807, 2.05) is 11.8 Å². The number of hydrogen-bond acceptors (Lipinski definition) is 2. The topological polar surface area (TPSA) is 40.5 Å². The van der Waals surface area contributed by atoms with Crippen molar-refractivity contribution in [2.75, 3.05) is 6.54 Å². The summed E-state index contributed by atoms with van der Waals surface area (Å²) in [6, 6.07) is 3.17. The highest BCUT2D eigenvalue weighted by Gasteiger charge is 2.35. The van der Waals surface area contributed by atoms with E-state index in [4.69, 9.17) is 5.11 Å². The first-order valence-corrected chi connectivity index (χ1v) is 5.90. The minimum Gasteiger partial charge on any atom is -0.481 e. The fourth-order valence-corrected chi connectivity index (χ4v) is 2.44. The van der Waals surface area contributed by atoms with Crippen LogP contribution in [-0.2, 0) is 11.3 Å². The largest absolute Gasteiger partial charge is 0.481 e. The van der Waals surface area contributed by atoms with Crippen LogP contribution < -0.4 is 0 Å². The van der Waals surface area contributed by atoms with Crippen LogP contribution in [0, 0.1) is 17.6 Å². The molecule has 0 aromatic heterocycles. The molecule has 2 unspecified atom stereocenters. The zero-order valence-corrected chi connectivity index (χ0v) is 10.1. The van der Waals surface area contributed by atoms with E-state index in [-0.39, 0.29) is 18.2 Å². The average Bonchev–Trinajstić information content (AvgIpc) is 2.66. The summed E-state index contributed by atoms with van der Waals surface area (Å²) in [6.45, 7) is 2.64. The highest BCUT2D eigenvalue weighted by molar-refractivity contribution is 5.71. The molecule has 18 heavy (non-hydrogen) atoms. The molecule has 1 fully saturated rings. The van der Waals surface area contributed by atoms with Crippen molar-refractivity contribution in [3.63, 3.8) is 0 Å². The van der Waals surface area contributed by atoms with Crippen LogP contribution in [0.25, 0.3) is 0 Å². The Hall–Kier alpha value is -1.49. The average molecular weight is 255 g/mol. The molecular formula is C13H15F2NO2. The van der Waals surface area contributed by atoms with Crippen LogP contribution in [0.3, 0.4) is 0 Å². The maximum absolute atomic E-state index is 13.5. The van der Waals surface area contributed by atoms with E-state index >= 15 is 0 Å². The summed E-state index contributed by atoms with van der Waals surface area (Å²) in [6.07, 6.45) is 0.549. The molecule has 3 nitrogen and oxygen atoms in total. The Kier molecular flexibility index (Phi) is 3.61. The zero-order chi connectivity index (χ0) is 13.3. The summed E-state index contributed by atoms with van der Waals surface area (Å²) in [4.78, 5) is 12.8. The lowest BCUT2D eigenvalue weighted by Crippen LogP contribution is -2.32. The third-order valence-electron chi connectivity index (χ3n) is 3.58. The van der Waals surface area contributed by atoms with Crippen molar-refractivity contribution in [2.45, 2.75) is 25.9 Å². The molecule has 98 valence electrons. The van der Waals surface area contributed by atoms with Gasteiger partial charge >= 0.3 is 5.97 Å². The smallest absolute Gasteiger partial charge is 0.308 e. The highest BCUT2D eigenvalue weighted by atomic mass is 19.1. The van der Waals surface area contributed by atoms with E-state index < -0.39 is 23.5 Å². The monoisotopic (exact) mass is 255 g/mol. The van der Waals surface area contributed by atoms with Crippen LogP contribution in [0.4, 0.5) is 8.78 Å². The number of hydrogen-bond donors (Lipinski definition) is 1. The van der Waals surface area contributed by atoms with Gasteiger partial charge in [-0.25, -0.2) is 8.78 Å². The first-order valence-electron chi connectivity index (χ1n) is 5.90. The van der Waals surface area contributed by atoms with E-state index in [0.29, 0.717) is 13.0 Å². The van der Waals surface area contributed by atoms with Gasteiger partial charge in [-0.15, -0.1) is 0 Å². The van der Waals surface area contributed by atoms with Gasteiger partial charge in [0.05, 0.1) is 5.92 Å². The molecule has 1 aromatic carbocycles. The molecule has 1 saturated heterocycles. The van der Waals surface area contributed by atoms with Gasteiger partial charge in [0, 0.05) is 18.2 Å². The Bertz CT molecular complexity index is 464. The van der Waals surface area contributed by atoms with E-state index in [2.05, 4.69) is 0 Å². The van der Waals surface area contributed by atoms with Crippen molar-refractivity contribution in [1.82, 2.24) is 4.90 Å². The fraction of sp³-hybridized carbons (Fsp3) is 0.462. The Balaban J connectivity index is 2.11. The molecule has 1 aliphatic rings. The standard InChI is InChI=1S/C13H15F2NO2/c1-8-11(13(17)18)4-5-16(8)7-9-6-10(14)2-3-12(9)15/h2-3,6,8,11H,4-5,7H2,1H3,(H,17,18). The van der Waals surface area contributed by atoms with Gasteiger partial charge in [-0.2, -0.15) is 0 Å². The summed E-state index contributed by atoms with van der Waals surface area (Å²) in [5.41, 5.74) is 0.271. The minimum atomic E-state index is -0.829. The third-order valence-corrected chi connectivity index (χ3v) is 3.58. The molecule has 0 bridgehead atoms. The number of benzene rings is 1. The van der Waals surface area contributed by atoms with Crippen LogP contribution in [0.2, 0.25) is 0 Å². The molecule has 5 heteroatoms. The molecular weight excluding hydrogens is 240 g/mol. The zero-order valence-electron chi connectivity index (χ0n) is 10.1. The van der Waals surface area contributed by atoms with Gasteiger partial charge in [0.2, 0.25) is 0 Å². The second kappa shape index (κ2) is 5.02.